The van der Waals surface area contributed by atoms with Gasteiger partial charge in [-0.1, -0.05) is 42.5 Å². The average Bonchev–Trinajstić information content (AvgIpc) is 3.24. The van der Waals surface area contributed by atoms with Crippen molar-refractivity contribution in [3.8, 4) is 5.75 Å². The minimum atomic E-state index is 0.0327. The lowest BCUT2D eigenvalue weighted by Gasteiger charge is -2.25. The summed E-state index contributed by atoms with van der Waals surface area (Å²) in [5.41, 5.74) is 3.80. The number of methoxy groups -OCH3 is 1. The first-order valence-corrected chi connectivity index (χ1v) is 9.70. The first-order chi connectivity index (χ1) is 13.8. The number of carbonyl (C=O) groups excluding carboxylic acids is 1. The average molecular weight is 372 g/mol. The third-order valence-corrected chi connectivity index (χ3v) is 5.27. The molecule has 0 aliphatic carbocycles. The molecular weight excluding hydrogens is 348 g/mol. The van der Waals surface area contributed by atoms with Crippen LogP contribution in [0.15, 0.2) is 72.8 Å². The Bertz CT molecular complexity index is 956. The number of carbonyl (C=O) groups is 1. The van der Waals surface area contributed by atoms with E-state index in [0.717, 1.165) is 47.7 Å². The van der Waals surface area contributed by atoms with Gasteiger partial charge in [-0.15, -0.1) is 0 Å². The highest BCUT2D eigenvalue weighted by Gasteiger charge is 2.31. The van der Waals surface area contributed by atoms with Crippen molar-refractivity contribution in [1.82, 2.24) is 9.88 Å². The van der Waals surface area contributed by atoms with Crippen LogP contribution in [0.3, 0.4) is 0 Å². The van der Waals surface area contributed by atoms with E-state index in [1.807, 2.05) is 71.6 Å². The predicted molar refractivity (Wildman–Crippen MR) is 109 cm³/mol. The van der Waals surface area contributed by atoms with Crippen molar-refractivity contribution in [1.29, 1.82) is 0 Å². The molecule has 0 unspecified atom stereocenters. The Morgan fingerprint density at radius 1 is 1.04 bits per heavy atom. The Hall–Kier alpha value is -3.14. The van der Waals surface area contributed by atoms with Gasteiger partial charge >= 0.3 is 0 Å². The van der Waals surface area contributed by atoms with Gasteiger partial charge in [0.15, 0.2) is 0 Å². The fourth-order valence-electron chi connectivity index (χ4n) is 3.89. The van der Waals surface area contributed by atoms with Crippen molar-refractivity contribution in [3.63, 3.8) is 0 Å². The molecule has 0 spiro atoms. The Kier molecular flexibility index (Phi) is 5.38. The highest BCUT2D eigenvalue weighted by molar-refractivity contribution is 5.94. The van der Waals surface area contributed by atoms with Gasteiger partial charge in [-0.05, 0) is 43.2 Å². The van der Waals surface area contributed by atoms with Crippen LogP contribution in [0.1, 0.15) is 46.2 Å². The van der Waals surface area contributed by atoms with Crippen LogP contribution in [0.25, 0.3) is 0 Å². The lowest BCUT2D eigenvalue weighted by atomic mass is 10.1. The second kappa shape index (κ2) is 8.26. The minimum Gasteiger partial charge on any atom is -0.496 e. The molecule has 3 aromatic rings. The second-order valence-electron chi connectivity index (χ2n) is 7.07. The Morgan fingerprint density at radius 3 is 2.64 bits per heavy atom. The van der Waals surface area contributed by atoms with E-state index in [-0.39, 0.29) is 11.9 Å². The molecule has 1 saturated heterocycles. The quantitative estimate of drug-likeness (QED) is 0.654. The van der Waals surface area contributed by atoms with Crippen LogP contribution < -0.4 is 4.74 Å². The van der Waals surface area contributed by atoms with Gasteiger partial charge in [0.05, 0.1) is 18.8 Å². The van der Waals surface area contributed by atoms with Crippen molar-refractivity contribution in [2.24, 2.45) is 0 Å². The van der Waals surface area contributed by atoms with E-state index < -0.39 is 0 Å². The molecule has 0 bridgehead atoms. The third-order valence-electron chi connectivity index (χ3n) is 5.27. The lowest BCUT2D eigenvalue weighted by molar-refractivity contribution is 0.0733. The number of amides is 1. The number of para-hydroxylation sites is 1. The number of pyridine rings is 1. The number of aromatic nitrogens is 1. The van der Waals surface area contributed by atoms with Crippen LogP contribution >= 0.6 is 0 Å². The smallest absolute Gasteiger partial charge is 0.254 e. The molecule has 1 aliphatic rings. The Labute approximate surface area is 165 Å². The van der Waals surface area contributed by atoms with E-state index in [2.05, 4.69) is 6.07 Å². The van der Waals surface area contributed by atoms with Gasteiger partial charge in [0.2, 0.25) is 0 Å². The van der Waals surface area contributed by atoms with E-state index in [4.69, 9.17) is 9.72 Å². The van der Waals surface area contributed by atoms with Gasteiger partial charge in [-0.25, -0.2) is 0 Å². The predicted octanol–water partition coefficient (Wildman–Crippen LogP) is 4.66. The van der Waals surface area contributed by atoms with E-state index in [0.29, 0.717) is 6.42 Å². The molecule has 2 aromatic carbocycles. The summed E-state index contributed by atoms with van der Waals surface area (Å²) in [5, 5.41) is 0. The first-order valence-electron chi connectivity index (χ1n) is 9.70. The maximum atomic E-state index is 13.0. The fourth-order valence-corrected chi connectivity index (χ4v) is 3.89. The summed E-state index contributed by atoms with van der Waals surface area (Å²) in [7, 11) is 1.69. The monoisotopic (exact) mass is 372 g/mol. The molecule has 2 heterocycles. The number of likely N-dealkylation sites (tertiary alicyclic amines) is 1. The van der Waals surface area contributed by atoms with Gasteiger partial charge in [-0.3, -0.25) is 9.78 Å². The van der Waals surface area contributed by atoms with Gasteiger partial charge < -0.3 is 9.64 Å². The zero-order valence-electron chi connectivity index (χ0n) is 16.0. The zero-order valence-corrected chi connectivity index (χ0v) is 16.0. The van der Waals surface area contributed by atoms with Crippen molar-refractivity contribution in [3.05, 3.63) is 95.3 Å². The van der Waals surface area contributed by atoms with Crippen LogP contribution in [0.4, 0.5) is 0 Å². The summed E-state index contributed by atoms with van der Waals surface area (Å²) in [5.74, 6) is 0.955. The molecule has 4 nitrogen and oxygen atoms in total. The maximum Gasteiger partial charge on any atom is 0.254 e. The molecular formula is C24H24N2O2. The third kappa shape index (κ3) is 3.77. The van der Waals surface area contributed by atoms with Gasteiger partial charge in [-0.2, -0.15) is 0 Å². The van der Waals surface area contributed by atoms with E-state index in [9.17, 15) is 4.79 Å². The second-order valence-corrected chi connectivity index (χ2v) is 7.07. The van der Waals surface area contributed by atoms with E-state index in [1.54, 1.807) is 7.11 Å². The number of hydrogen-bond acceptors (Lipinski definition) is 3. The minimum absolute atomic E-state index is 0.0327. The van der Waals surface area contributed by atoms with Crippen molar-refractivity contribution >= 4 is 5.91 Å². The molecule has 0 radical (unpaired) electrons. The van der Waals surface area contributed by atoms with Crippen LogP contribution in [-0.2, 0) is 6.42 Å². The van der Waals surface area contributed by atoms with Crippen LogP contribution in [-0.4, -0.2) is 29.4 Å². The number of rotatable bonds is 5. The van der Waals surface area contributed by atoms with Gasteiger partial charge in [0.25, 0.3) is 5.91 Å². The van der Waals surface area contributed by atoms with Crippen LogP contribution in [0, 0.1) is 0 Å². The number of nitrogens with zero attached hydrogens (tertiary/aromatic N) is 2. The molecule has 0 saturated carbocycles. The molecule has 0 N–H and O–H groups in total. The number of hydrogen-bond donors (Lipinski definition) is 0. The summed E-state index contributed by atoms with van der Waals surface area (Å²) in [6.07, 6.45) is 2.66. The van der Waals surface area contributed by atoms with E-state index >= 15 is 0 Å². The molecule has 1 amide bonds. The lowest BCUT2D eigenvalue weighted by Crippen LogP contribution is -2.31. The molecule has 4 rings (SSSR count). The maximum absolute atomic E-state index is 13.0. The standard InChI is InChI=1S/C24H24N2O2/c1-28-23-15-6-5-11-19(23)17-20-12-7-13-21(25-20)22-14-8-16-26(22)24(27)18-9-3-2-4-10-18/h2-7,9-13,15,22H,8,14,16-17H2,1H3/t22-/m1/s1. The first kappa shape index (κ1) is 18.2. The topological polar surface area (TPSA) is 42.4 Å². The largest absolute Gasteiger partial charge is 0.496 e. The number of ether oxygens (including phenoxy) is 1. The van der Waals surface area contributed by atoms with Crippen molar-refractivity contribution < 1.29 is 9.53 Å². The molecule has 1 fully saturated rings. The van der Waals surface area contributed by atoms with Crippen LogP contribution in [0.5, 0.6) is 5.75 Å². The summed E-state index contributed by atoms with van der Waals surface area (Å²) in [6, 6.07) is 23.7. The molecule has 1 atom stereocenters. The Morgan fingerprint density at radius 2 is 1.82 bits per heavy atom. The van der Waals surface area contributed by atoms with Crippen molar-refractivity contribution in [2.45, 2.75) is 25.3 Å². The highest BCUT2D eigenvalue weighted by Crippen LogP contribution is 2.32. The van der Waals surface area contributed by atoms with E-state index in [1.165, 1.54) is 0 Å². The highest BCUT2D eigenvalue weighted by atomic mass is 16.5. The zero-order chi connectivity index (χ0) is 19.3. The molecule has 28 heavy (non-hydrogen) atoms. The molecule has 1 aliphatic heterocycles. The van der Waals surface area contributed by atoms with Crippen LogP contribution in [0.2, 0.25) is 0 Å². The molecule has 4 heteroatoms. The summed E-state index contributed by atoms with van der Waals surface area (Å²) < 4.78 is 5.46. The normalized spacial score (nSPS) is 16.2. The SMILES string of the molecule is COc1ccccc1Cc1cccc([C@H]2CCCN2C(=O)c2ccccc2)n1. The number of benzene rings is 2. The molecule has 1 aromatic heterocycles. The Balaban J connectivity index is 1.57. The van der Waals surface area contributed by atoms with Gasteiger partial charge in [0, 0.05) is 29.8 Å². The van der Waals surface area contributed by atoms with Crippen molar-refractivity contribution in [2.75, 3.05) is 13.7 Å². The van der Waals surface area contributed by atoms with Gasteiger partial charge in [0.1, 0.15) is 5.75 Å². The fraction of sp³-hybridized carbons (Fsp3) is 0.250. The summed E-state index contributed by atoms with van der Waals surface area (Å²) in [6.45, 7) is 0.775. The summed E-state index contributed by atoms with van der Waals surface area (Å²) >= 11 is 0. The summed E-state index contributed by atoms with van der Waals surface area (Å²) in [4.78, 5) is 19.8. The molecule has 142 valence electrons.